The molecular formula is C13H22N4O2. The summed E-state index contributed by atoms with van der Waals surface area (Å²) < 4.78 is 7.28. The highest BCUT2D eigenvalue weighted by Crippen LogP contribution is 2.22. The number of ether oxygens (including phenoxy) is 1. The molecule has 0 saturated carbocycles. The molecule has 1 fully saturated rings. The number of likely N-dealkylation sites (tertiary alicyclic amines) is 1. The summed E-state index contributed by atoms with van der Waals surface area (Å²) in [6, 6.07) is 0.333. The second-order valence-corrected chi connectivity index (χ2v) is 5.97. The number of rotatable bonds is 1. The first kappa shape index (κ1) is 13.8. The molecule has 1 aliphatic heterocycles. The van der Waals surface area contributed by atoms with Gasteiger partial charge in [0, 0.05) is 13.1 Å². The van der Waals surface area contributed by atoms with Gasteiger partial charge >= 0.3 is 6.09 Å². The lowest BCUT2D eigenvalue weighted by molar-refractivity contribution is 0.0184. The third-order valence-electron chi connectivity index (χ3n) is 3.11. The van der Waals surface area contributed by atoms with Gasteiger partial charge in [-0.2, -0.15) is 5.10 Å². The van der Waals surface area contributed by atoms with Gasteiger partial charge in [-0.25, -0.2) is 14.5 Å². The monoisotopic (exact) mass is 266 g/mol. The normalized spacial score (nSPS) is 17.6. The van der Waals surface area contributed by atoms with Gasteiger partial charge in [-0.3, -0.25) is 0 Å². The Kier molecular flexibility index (Phi) is 3.78. The van der Waals surface area contributed by atoms with E-state index in [9.17, 15) is 4.79 Å². The Labute approximate surface area is 113 Å². The number of nitrogens with zero attached hydrogens (tertiary/aromatic N) is 4. The van der Waals surface area contributed by atoms with E-state index in [1.807, 2.05) is 32.4 Å². The van der Waals surface area contributed by atoms with Crippen LogP contribution in [0.1, 0.15) is 45.5 Å². The third kappa shape index (κ3) is 3.68. The van der Waals surface area contributed by atoms with Crippen molar-refractivity contribution in [1.29, 1.82) is 0 Å². The van der Waals surface area contributed by atoms with Gasteiger partial charge in [-0.15, -0.1) is 0 Å². The third-order valence-corrected chi connectivity index (χ3v) is 3.11. The van der Waals surface area contributed by atoms with Crippen LogP contribution in [0.25, 0.3) is 0 Å². The van der Waals surface area contributed by atoms with E-state index in [1.165, 1.54) is 0 Å². The molecule has 106 valence electrons. The largest absolute Gasteiger partial charge is 0.444 e. The Morgan fingerprint density at radius 1 is 1.37 bits per heavy atom. The average Bonchev–Trinajstić information content (AvgIpc) is 2.74. The molecule has 0 aliphatic carbocycles. The van der Waals surface area contributed by atoms with Crippen molar-refractivity contribution >= 4 is 6.09 Å². The molecule has 0 bridgehead atoms. The van der Waals surface area contributed by atoms with E-state index in [0.29, 0.717) is 19.1 Å². The number of aromatic nitrogens is 3. The van der Waals surface area contributed by atoms with Crippen molar-refractivity contribution in [3.63, 3.8) is 0 Å². The van der Waals surface area contributed by atoms with E-state index in [4.69, 9.17) is 4.74 Å². The van der Waals surface area contributed by atoms with Crippen molar-refractivity contribution in [2.45, 2.75) is 52.2 Å². The average molecular weight is 266 g/mol. The first-order chi connectivity index (χ1) is 8.85. The van der Waals surface area contributed by atoms with Gasteiger partial charge in [0.1, 0.15) is 17.8 Å². The number of aryl methyl sites for hydroxylation is 1. The number of piperidine rings is 1. The second kappa shape index (κ2) is 5.19. The van der Waals surface area contributed by atoms with Crippen molar-refractivity contribution in [3.8, 4) is 0 Å². The molecule has 6 nitrogen and oxygen atoms in total. The molecule has 0 spiro atoms. The Hall–Kier alpha value is -1.59. The lowest BCUT2D eigenvalue weighted by Crippen LogP contribution is -2.42. The fourth-order valence-electron chi connectivity index (χ4n) is 2.18. The van der Waals surface area contributed by atoms with E-state index in [1.54, 1.807) is 11.2 Å². The summed E-state index contributed by atoms with van der Waals surface area (Å²) in [5.41, 5.74) is -0.434. The maximum atomic E-state index is 11.9. The molecule has 0 atom stereocenters. The van der Waals surface area contributed by atoms with E-state index < -0.39 is 5.60 Å². The van der Waals surface area contributed by atoms with E-state index in [0.717, 1.165) is 18.7 Å². The number of amides is 1. The Bertz CT molecular complexity index is 442. The predicted octanol–water partition coefficient (Wildman–Crippen LogP) is 2.16. The van der Waals surface area contributed by atoms with Crippen LogP contribution in [0, 0.1) is 6.92 Å². The molecule has 1 amide bonds. The lowest BCUT2D eigenvalue weighted by atomic mass is 10.1. The molecule has 6 heteroatoms. The molecule has 1 aromatic rings. The zero-order valence-corrected chi connectivity index (χ0v) is 12.1. The van der Waals surface area contributed by atoms with Crippen LogP contribution in [0.5, 0.6) is 0 Å². The molecule has 0 N–H and O–H groups in total. The fourth-order valence-corrected chi connectivity index (χ4v) is 2.18. The van der Waals surface area contributed by atoms with Gasteiger partial charge in [0.25, 0.3) is 0 Å². The van der Waals surface area contributed by atoms with Gasteiger partial charge in [0.05, 0.1) is 6.04 Å². The van der Waals surface area contributed by atoms with Crippen LogP contribution >= 0.6 is 0 Å². The Morgan fingerprint density at radius 2 is 2.00 bits per heavy atom. The maximum absolute atomic E-state index is 11.9. The van der Waals surface area contributed by atoms with Crippen LogP contribution in [-0.2, 0) is 4.74 Å². The van der Waals surface area contributed by atoms with Crippen molar-refractivity contribution in [2.75, 3.05) is 13.1 Å². The molecule has 1 aliphatic rings. The van der Waals surface area contributed by atoms with Crippen LogP contribution in [0.15, 0.2) is 6.33 Å². The van der Waals surface area contributed by atoms with Gasteiger partial charge in [-0.1, -0.05) is 0 Å². The lowest BCUT2D eigenvalue weighted by Gasteiger charge is -2.33. The van der Waals surface area contributed by atoms with Gasteiger partial charge < -0.3 is 9.64 Å². The summed E-state index contributed by atoms with van der Waals surface area (Å²) in [7, 11) is 0. The molecule has 0 unspecified atom stereocenters. The van der Waals surface area contributed by atoms with Crippen LogP contribution in [0.4, 0.5) is 4.79 Å². The van der Waals surface area contributed by atoms with Gasteiger partial charge in [-0.05, 0) is 40.5 Å². The summed E-state index contributed by atoms with van der Waals surface area (Å²) >= 11 is 0. The van der Waals surface area contributed by atoms with Crippen LogP contribution in [-0.4, -0.2) is 44.4 Å². The molecule has 2 rings (SSSR count). The summed E-state index contributed by atoms with van der Waals surface area (Å²) in [6.45, 7) is 8.95. The highest BCUT2D eigenvalue weighted by Gasteiger charge is 2.27. The van der Waals surface area contributed by atoms with Gasteiger partial charge in [0.2, 0.25) is 0 Å². The Morgan fingerprint density at radius 3 is 2.47 bits per heavy atom. The van der Waals surface area contributed by atoms with Crippen LogP contribution < -0.4 is 0 Å². The number of hydrogen-bond acceptors (Lipinski definition) is 4. The first-order valence-corrected chi connectivity index (χ1v) is 6.71. The fraction of sp³-hybridized carbons (Fsp3) is 0.769. The second-order valence-electron chi connectivity index (χ2n) is 5.97. The standard InChI is InChI=1S/C13H22N4O2/c1-10-14-9-17(15-10)11-5-7-16(8-6-11)12(18)19-13(2,3)4/h9,11H,5-8H2,1-4H3. The minimum Gasteiger partial charge on any atom is -0.444 e. The molecule has 1 aromatic heterocycles. The molecular weight excluding hydrogens is 244 g/mol. The number of carbonyl (C=O) groups is 1. The summed E-state index contributed by atoms with van der Waals surface area (Å²) in [6.07, 6.45) is 3.33. The minimum absolute atomic E-state index is 0.222. The quantitative estimate of drug-likeness (QED) is 0.781. The molecule has 2 heterocycles. The van der Waals surface area contributed by atoms with Crippen molar-refractivity contribution in [2.24, 2.45) is 0 Å². The van der Waals surface area contributed by atoms with Crippen molar-refractivity contribution in [3.05, 3.63) is 12.2 Å². The van der Waals surface area contributed by atoms with E-state index >= 15 is 0 Å². The first-order valence-electron chi connectivity index (χ1n) is 6.71. The smallest absolute Gasteiger partial charge is 0.410 e. The molecule has 19 heavy (non-hydrogen) atoms. The predicted molar refractivity (Wildman–Crippen MR) is 70.8 cm³/mol. The van der Waals surface area contributed by atoms with E-state index in [2.05, 4.69) is 10.1 Å². The molecule has 0 aromatic carbocycles. The zero-order chi connectivity index (χ0) is 14.0. The SMILES string of the molecule is Cc1ncn(C2CCN(C(=O)OC(C)(C)C)CC2)n1. The maximum Gasteiger partial charge on any atom is 0.410 e. The van der Waals surface area contributed by atoms with Gasteiger partial charge in [0.15, 0.2) is 0 Å². The van der Waals surface area contributed by atoms with Crippen molar-refractivity contribution in [1.82, 2.24) is 19.7 Å². The minimum atomic E-state index is -0.434. The number of hydrogen-bond donors (Lipinski definition) is 0. The number of carbonyl (C=O) groups excluding carboxylic acids is 1. The van der Waals surface area contributed by atoms with Crippen LogP contribution in [0.2, 0.25) is 0 Å². The highest BCUT2D eigenvalue weighted by atomic mass is 16.6. The topological polar surface area (TPSA) is 60.2 Å². The zero-order valence-electron chi connectivity index (χ0n) is 12.1. The summed E-state index contributed by atoms with van der Waals surface area (Å²) in [4.78, 5) is 17.8. The summed E-state index contributed by atoms with van der Waals surface area (Å²) in [5.74, 6) is 0.787. The highest BCUT2D eigenvalue weighted by molar-refractivity contribution is 5.68. The Balaban J connectivity index is 1.87. The summed E-state index contributed by atoms with van der Waals surface area (Å²) in [5, 5.41) is 4.33. The van der Waals surface area contributed by atoms with Crippen molar-refractivity contribution < 1.29 is 9.53 Å². The van der Waals surface area contributed by atoms with Crippen LogP contribution in [0.3, 0.4) is 0 Å². The molecule has 1 saturated heterocycles. The van der Waals surface area contributed by atoms with E-state index in [-0.39, 0.29) is 6.09 Å². The molecule has 0 radical (unpaired) electrons.